The van der Waals surface area contributed by atoms with Crippen molar-refractivity contribution in [2.24, 2.45) is 15.8 Å². The van der Waals surface area contributed by atoms with Crippen LogP contribution in [0.25, 0.3) is 10.8 Å². The van der Waals surface area contributed by atoms with Crippen molar-refractivity contribution in [1.82, 2.24) is 5.01 Å². The minimum Gasteiger partial charge on any atom is -0.282 e. The van der Waals surface area contributed by atoms with Crippen LogP contribution in [0.3, 0.4) is 0 Å². The van der Waals surface area contributed by atoms with E-state index in [-0.39, 0.29) is 16.3 Å². The molecule has 0 spiro atoms. The van der Waals surface area contributed by atoms with Gasteiger partial charge in [0.2, 0.25) is 0 Å². The lowest BCUT2D eigenvalue weighted by Gasteiger charge is -2.25. The number of benzene rings is 2. The molecule has 1 aliphatic rings. The van der Waals surface area contributed by atoms with Gasteiger partial charge in [0, 0.05) is 5.56 Å². The third-order valence-corrected chi connectivity index (χ3v) is 5.29. The number of nitrogens with two attached hydrogens (primary N) is 1. The normalized spacial score (nSPS) is 18.2. The Kier molecular flexibility index (Phi) is 4.28. The van der Waals surface area contributed by atoms with Crippen molar-refractivity contribution in [3.8, 4) is 0 Å². The first kappa shape index (κ1) is 18.3. The van der Waals surface area contributed by atoms with Gasteiger partial charge < -0.3 is 0 Å². The van der Waals surface area contributed by atoms with Gasteiger partial charge in [0.15, 0.2) is 6.17 Å². The molecule has 2 aromatic carbocycles. The molecule has 26 heavy (non-hydrogen) atoms. The van der Waals surface area contributed by atoms with Crippen molar-refractivity contribution in [2.45, 2.75) is 16.0 Å². The highest BCUT2D eigenvalue weighted by atomic mass is 32.2. The standard InChI is InChI=1S/C13H11FN4O6S2/c14-13-16-6-18(15)12(17-13)11-5-9(26(22,23)24)4-7-3-8(25(19,20)21)1-2-10(7)11/h1-6,12H,15H2,(H,19,20,21)(H,22,23,24). The number of rotatable bonds is 3. The monoisotopic (exact) mass is 402 g/mol. The smallest absolute Gasteiger partial charge is 0.282 e. The van der Waals surface area contributed by atoms with E-state index in [0.29, 0.717) is 0 Å². The molecule has 1 aliphatic heterocycles. The van der Waals surface area contributed by atoms with E-state index in [2.05, 4.69) is 9.98 Å². The first-order valence-electron chi connectivity index (χ1n) is 6.80. The fraction of sp³-hybridized carbons (Fsp3) is 0.0769. The molecule has 1 heterocycles. The lowest BCUT2D eigenvalue weighted by molar-refractivity contribution is 0.339. The first-order chi connectivity index (χ1) is 12.0. The Balaban J connectivity index is 2.36. The van der Waals surface area contributed by atoms with Crippen LogP contribution in [0.4, 0.5) is 4.39 Å². The maximum absolute atomic E-state index is 13.4. The molecular weight excluding hydrogens is 391 g/mol. The molecule has 0 aromatic heterocycles. The Hall–Kier alpha value is -2.45. The summed E-state index contributed by atoms with van der Waals surface area (Å²) in [4.78, 5) is 5.77. The number of nitrogens with zero attached hydrogens (tertiary/aromatic N) is 3. The first-order valence-corrected chi connectivity index (χ1v) is 9.68. The molecule has 1 atom stereocenters. The van der Waals surface area contributed by atoms with Crippen LogP contribution < -0.4 is 5.84 Å². The second-order valence-corrected chi connectivity index (χ2v) is 8.15. The summed E-state index contributed by atoms with van der Waals surface area (Å²) in [5, 5.41) is 1.22. The van der Waals surface area contributed by atoms with Gasteiger partial charge in [-0.3, -0.25) is 14.1 Å². The molecule has 3 rings (SSSR count). The van der Waals surface area contributed by atoms with Gasteiger partial charge in [-0.15, -0.1) is 0 Å². The highest BCUT2D eigenvalue weighted by molar-refractivity contribution is 7.86. The van der Waals surface area contributed by atoms with E-state index >= 15 is 0 Å². The summed E-state index contributed by atoms with van der Waals surface area (Å²) in [6.45, 7) is 0. The van der Waals surface area contributed by atoms with Crippen LogP contribution in [-0.4, -0.2) is 43.4 Å². The zero-order chi connectivity index (χ0) is 19.3. The lowest BCUT2D eigenvalue weighted by atomic mass is 10.0. The largest absolute Gasteiger partial charge is 0.307 e. The minimum absolute atomic E-state index is 0.0387. The number of hydrogen-bond acceptors (Lipinski definition) is 8. The van der Waals surface area contributed by atoms with Crippen LogP contribution in [0.15, 0.2) is 50.1 Å². The Bertz CT molecular complexity index is 1170. The summed E-state index contributed by atoms with van der Waals surface area (Å²) in [7, 11) is -9.24. The number of hydrazine groups is 1. The summed E-state index contributed by atoms with van der Waals surface area (Å²) >= 11 is 0. The zero-order valence-electron chi connectivity index (χ0n) is 12.7. The molecule has 0 radical (unpaired) electrons. The zero-order valence-corrected chi connectivity index (χ0v) is 14.3. The third-order valence-electron chi connectivity index (χ3n) is 3.61. The van der Waals surface area contributed by atoms with Crippen molar-refractivity contribution >= 4 is 43.4 Å². The molecule has 2 aromatic rings. The molecule has 0 aliphatic carbocycles. The predicted octanol–water partition coefficient (Wildman–Crippen LogP) is 0.875. The van der Waals surface area contributed by atoms with E-state index in [1.54, 1.807) is 0 Å². The summed E-state index contributed by atoms with van der Waals surface area (Å²) in [6, 6.07) is 5.38. The second kappa shape index (κ2) is 6.07. The maximum atomic E-state index is 13.4. The summed E-state index contributed by atoms with van der Waals surface area (Å²) in [5.74, 6) is 5.68. The van der Waals surface area contributed by atoms with E-state index in [0.717, 1.165) is 35.6 Å². The fourth-order valence-corrected chi connectivity index (χ4v) is 3.55. The van der Waals surface area contributed by atoms with Crippen molar-refractivity contribution in [3.05, 3.63) is 35.9 Å². The van der Waals surface area contributed by atoms with Crippen LogP contribution in [0.5, 0.6) is 0 Å². The molecular formula is C13H11FN4O6S2. The lowest BCUT2D eigenvalue weighted by Crippen LogP contribution is -2.35. The topological polar surface area (TPSA) is 163 Å². The molecule has 4 N–H and O–H groups in total. The van der Waals surface area contributed by atoms with Crippen molar-refractivity contribution in [3.63, 3.8) is 0 Å². The molecule has 0 saturated heterocycles. The van der Waals surface area contributed by atoms with Crippen LogP contribution in [0, 0.1) is 0 Å². The van der Waals surface area contributed by atoms with Crippen LogP contribution >= 0.6 is 0 Å². The molecule has 13 heteroatoms. The van der Waals surface area contributed by atoms with Gasteiger partial charge in [0.25, 0.3) is 20.2 Å². The molecule has 0 bridgehead atoms. The van der Waals surface area contributed by atoms with E-state index in [9.17, 15) is 25.8 Å². The molecule has 0 saturated carbocycles. The average molecular weight is 402 g/mol. The third kappa shape index (κ3) is 3.42. The van der Waals surface area contributed by atoms with E-state index in [4.69, 9.17) is 10.4 Å². The van der Waals surface area contributed by atoms with Crippen molar-refractivity contribution < 1.29 is 30.3 Å². The second-order valence-electron chi connectivity index (χ2n) is 5.31. The maximum Gasteiger partial charge on any atom is 0.307 e. The molecule has 138 valence electrons. The number of fused-ring (bicyclic) bond motifs is 1. The Morgan fingerprint density at radius 2 is 1.65 bits per heavy atom. The quantitative estimate of drug-likeness (QED) is 0.387. The molecule has 1 unspecified atom stereocenters. The predicted molar refractivity (Wildman–Crippen MR) is 89.4 cm³/mol. The minimum atomic E-state index is -4.68. The number of halogens is 1. The van der Waals surface area contributed by atoms with Gasteiger partial charge in [-0.2, -0.15) is 26.2 Å². The summed E-state index contributed by atoms with van der Waals surface area (Å²) in [6.07, 6.45) is -1.38. The highest BCUT2D eigenvalue weighted by Gasteiger charge is 2.25. The highest BCUT2D eigenvalue weighted by Crippen LogP contribution is 2.33. The van der Waals surface area contributed by atoms with Gasteiger partial charge in [0.05, 0.1) is 9.79 Å². The van der Waals surface area contributed by atoms with Crippen molar-refractivity contribution in [1.29, 1.82) is 0 Å². The number of aliphatic imine (C=N–C) groups is 2. The average Bonchev–Trinajstić information content (AvgIpc) is 2.54. The van der Waals surface area contributed by atoms with Gasteiger partial charge in [0.1, 0.15) is 6.34 Å². The van der Waals surface area contributed by atoms with Crippen molar-refractivity contribution in [2.75, 3.05) is 0 Å². The number of amidine groups is 1. The van der Waals surface area contributed by atoms with Gasteiger partial charge >= 0.3 is 6.09 Å². The van der Waals surface area contributed by atoms with Crippen LogP contribution in [0.1, 0.15) is 11.7 Å². The van der Waals surface area contributed by atoms with Gasteiger partial charge in [-0.25, -0.2) is 10.8 Å². The molecule has 0 amide bonds. The van der Waals surface area contributed by atoms with E-state index in [1.165, 1.54) is 6.07 Å². The van der Waals surface area contributed by atoms with E-state index < -0.39 is 42.3 Å². The van der Waals surface area contributed by atoms with E-state index in [1.807, 2.05) is 0 Å². The van der Waals surface area contributed by atoms with Gasteiger partial charge in [-0.1, -0.05) is 6.07 Å². The Labute approximate surface area is 146 Å². The Morgan fingerprint density at radius 3 is 2.27 bits per heavy atom. The molecule has 10 nitrogen and oxygen atoms in total. The Morgan fingerprint density at radius 1 is 1.04 bits per heavy atom. The number of hydrogen-bond donors (Lipinski definition) is 3. The molecule has 0 fully saturated rings. The van der Waals surface area contributed by atoms with Crippen LogP contribution in [0.2, 0.25) is 0 Å². The van der Waals surface area contributed by atoms with Gasteiger partial charge in [-0.05, 0) is 35.0 Å². The van der Waals surface area contributed by atoms with Crippen LogP contribution in [-0.2, 0) is 20.2 Å². The summed E-state index contributed by atoms with van der Waals surface area (Å²) in [5.41, 5.74) is 0.0702. The SMILES string of the molecule is NN1C=NC(F)=NC1c1cc(S(=O)(=O)O)cc2cc(S(=O)(=O)O)ccc12. The summed E-state index contributed by atoms with van der Waals surface area (Å²) < 4.78 is 77.7. The fourth-order valence-electron chi connectivity index (χ4n) is 2.48.